The SMILES string of the molecule is CC.CCC.CCC.COc1ccc2c(c1)CC(C(=O)Nc1ccc(B3OC(C)(C)C(C)(C)O3)cc1O)CO2. The van der Waals surface area contributed by atoms with Crippen molar-refractivity contribution >= 4 is 24.2 Å². The van der Waals surface area contributed by atoms with Gasteiger partial charge in [-0.3, -0.25) is 4.79 Å². The molecular formula is C31H50BNO6. The number of anilines is 1. The van der Waals surface area contributed by atoms with E-state index >= 15 is 0 Å². The van der Waals surface area contributed by atoms with Crippen molar-refractivity contribution in [3.8, 4) is 17.2 Å². The zero-order chi connectivity index (χ0) is 29.8. The number of carbonyl (C=O) groups is 1. The average Bonchev–Trinajstić information content (AvgIpc) is 3.13. The van der Waals surface area contributed by atoms with Crippen LogP contribution in [0.3, 0.4) is 0 Å². The van der Waals surface area contributed by atoms with Crippen molar-refractivity contribution in [2.75, 3.05) is 19.0 Å². The van der Waals surface area contributed by atoms with Crippen LogP contribution >= 0.6 is 0 Å². The number of hydrogen-bond donors (Lipinski definition) is 2. The molecule has 0 saturated carbocycles. The van der Waals surface area contributed by atoms with Crippen LogP contribution in [0, 0.1) is 5.92 Å². The maximum absolute atomic E-state index is 12.8. The van der Waals surface area contributed by atoms with Crippen molar-refractivity contribution in [1.29, 1.82) is 0 Å². The van der Waals surface area contributed by atoms with E-state index in [4.69, 9.17) is 18.8 Å². The molecule has 1 unspecified atom stereocenters. The Balaban J connectivity index is 0.000000856. The van der Waals surface area contributed by atoms with Gasteiger partial charge in [0.1, 0.15) is 23.9 Å². The second-order valence-electron chi connectivity index (χ2n) is 10.5. The Bertz CT molecular complexity index is 1020. The van der Waals surface area contributed by atoms with Crippen molar-refractivity contribution in [2.24, 2.45) is 5.92 Å². The van der Waals surface area contributed by atoms with Crippen LogP contribution in [-0.2, 0) is 20.5 Å². The second-order valence-corrected chi connectivity index (χ2v) is 10.5. The lowest BCUT2D eigenvalue weighted by Crippen LogP contribution is -2.41. The Labute approximate surface area is 236 Å². The van der Waals surface area contributed by atoms with Gasteiger partial charge in [-0.05, 0) is 75.5 Å². The predicted molar refractivity (Wildman–Crippen MR) is 161 cm³/mol. The minimum atomic E-state index is -0.584. The van der Waals surface area contributed by atoms with Crippen LogP contribution in [-0.4, -0.2) is 43.1 Å². The Kier molecular flexibility index (Phi) is 13.9. The van der Waals surface area contributed by atoms with E-state index in [0.717, 1.165) is 17.1 Å². The number of phenolic OH excluding ortho intramolecular Hbond substituents is 1. The van der Waals surface area contributed by atoms with Crippen molar-refractivity contribution < 1.29 is 28.7 Å². The monoisotopic (exact) mass is 543 g/mol. The minimum absolute atomic E-state index is 0.0423. The lowest BCUT2D eigenvalue weighted by molar-refractivity contribution is -0.121. The van der Waals surface area contributed by atoms with Crippen LogP contribution in [0.15, 0.2) is 36.4 Å². The van der Waals surface area contributed by atoms with Crippen LogP contribution in [0.1, 0.15) is 87.6 Å². The molecular weight excluding hydrogens is 493 g/mol. The number of hydrogen-bond acceptors (Lipinski definition) is 6. The summed E-state index contributed by atoms with van der Waals surface area (Å²) in [6.45, 7) is 20.7. The molecule has 0 aliphatic carbocycles. The molecule has 8 heteroatoms. The molecule has 2 N–H and O–H groups in total. The van der Waals surface area contributed by atoms with Crippen molar-refractivity contribution in [2.45, 2.75) is 99.7 Å². The summed E-state index contributed by atoms with van der Waals surface area (Å²) in [6.07, 6.45) is 3.03. The number of aromatic hydroxyl groups is 1. The number of nitrogens with one attached hydrogen (secondary N) is 1. The number of phenols is 1. The van der Waals surface area contributed by atoms with Gasteiger partial charge >= 0.3 is 7.12 Å². The third-order valence-corrected chi connectivity index (χ3v) is 6.35. The molecule has 0 aromatic heterocycles. The molecule has 0 bridgehead atoms. The molecule has 1 atom stereocenters. The summed E-state index contributed by atoms with van der Waals surface area (Å²) in [6, 6.07) is 10.6. The van der Waals surface area contributed by atoms with Gasteiger partial charge in [0.15, 0.2) is 0 Å². The second kappa shape index (κ2) is 15.8. The third kappa shape index (κ3) is 9.18. The van der Waals surface area contributed by atoms with E-state index in [0.29, 0.717) is 17.6 Å². The molecule has 2 aliphatic rings. The van der Waals surface area contributed by atoms with E-state index < -0.39 is 18.3 Å². The highest BCUT2D eigenvalue weighted by atomic mass is 16.7. The summed E-state index contributed by atoms with van der Waals surface area (Å²) in [5, 5.41) is 13.3. The lowest BCUT2D eigenvalue weighted by Gasteiger charge is -2.32. The first kappa shape index (κ1) is 34.3. The number of carbonyl (C=O) groups excluding carboxylic acids is 1. The largest absolute Gasteiger partial charge is 0.506 e. The number of fused-ring (bicyclic) bond motifs is 1. The van der Waals surface area contributed by atoms with Crippen LogP contribution < -0.4 is 20.3 Å². The van der Waals surface area contributed by atoms with Crippen LogP contribution in [0.2, 0.25) is 0 Å². The molecule has 2 heterocycles. The van der Waals surface area contributed by atoms with Crippen LogP contribution in [0.5, 0.6) is 17.2 Å². The molecule has 218 valence electrons. The number of methoxy groups -OCH3 is 1. The topological polar surface area (TPSA) is 86.3 Å². The first-order chi connectivity index (χ1) is 18.4. The molecule has 2 aromatic rings. The molecule has 39 heavy (non-hydrogen) atoms. The number of rotatable bonds is 4. The van der Waals surface area contributed by atoms with Crippen LogP contribution in [0.25, 0.3) is 0 Å². The first-order valence-corrected chi connectivity index (χ1v) is 14.2. The molecule has 1 amide bonds. The van der Waals surface area contributed by atoms with Gasteiger partial charge in [0.05, 0.1) is 29.9 Å². The van der Waals surface area contributed by atoms with Crippen molar-refractivity contribution in [3.05, 3.63) is 42.0 Å². The summed E-state index contributed by atoms with van der Waals surface area (Å²) < 4.78 is 23.0. The molecule has 1 saturated heterocycles. The summed E-state index contributed by atoms with van der Waals surface area (Å²) in [5.41, 5.74) is 1.00. The highest BCUT2D eigenvalue weighted by Crippen LogP contribution is 2.37. The molecule has 1 fully saturated rings. The first-order valence-electron chi connectivity index (χ1n) is 14.2. The number of amides is 1. The maximum Gasteiger partial charge on any atom is 0.494 e. The van der Waals surface area contributed by atoms with Gasteiger partial charge < -0.3 is 29.2 Å². The Morgan fingerprint density at radius 1 is 1.00 bits per heavy atom. The zero-order valence-corrected chi connectivity index (χ0v) is 25.9. The van der Waals surface area contributed by atoms with Crippen molar-refractivity contribution in [3.63, 3.8) is 0 Å². The van der Waals surface area contributed by atoms with Gasteiger partial charge in [-0.15, -0.1) is 0 Å². The summed E-state index contributed by atoms with van der Waals surface area (Å²) in [5.74, 6) is 0.854. The van der Waals surface area contributed by atoms with Gasteiger partial charge in [-0.2, -0.15) is 0 Å². The normalized spacial score (nSPS) is 17.9. The Hall–Kier alpha value is -2.71. The van der Waals surface area contributed by atoms with Gasteiger partial charge in [-0.25, -0.2) is 0 Å². The molecule has 2 aliphatic heterocycles. The van der Waals surface area contributed by atoms with E-state index in [2.05, 4.69) is 33.0 Å². The fourth-order valence-corrected chi connectivity index (χ4v) is 3.68. The number of ether oxygens (including phenoxy) is 2. The standard InChI is InChI=1S/C23H28BNO6.2C3H8.C2H6/c1-22(2)23(3,4)31-24(30-22)16-6-8-18(19(26)12-16)25-21(27)15-10-14-11-17(28-5)7-9-20(14)29-13-15;2*1-3-2;1-2/h6-9,11-12,15,26H,10,13H2,1-5H3,(H,25,27);2*3H2,1-2H3;1-2H3. The van der Waals surface area contributed by atoms with Crippen molar-refractivity contribution in [1.82, 2.24) is 0 Å². The smallest absolute Gasteiger partial charge is 0.494 e. The molecule has 7 nitrogen and oxygen atoms in total. The Morgan fingerprint density at radius 2 is 1.56 bits per heavy atom. The summed E-state index contributed by atoms with van der Waals surface area (Å²) >= 11 is 0. The predicted octanol–water partition coefficient (Wildman–Crippen LogP) is 6.75. The third-order valence-electron chi connectivity index (χ3n) is 6.35. The van der Waals surface area contributed by atoms with Gasteiger partial charge in [0.25, 0.3) is 0 Å². The molecule has 0 spiro atoms. The summed E-state index contributed by atoms with van der Waals surface area (Å²) in [7, 11) is 1.02. The molecule has 4 rings (SSSR count). The Morgan fingerprint density at radius 3 is 2.08 bits per heavy atom. The van der Waals surface area contributed by atoms with Crippen LogP contribution in [0.4, 0.5) is 5.69 Å². The lowest BCUT2D eigenvalue weighted by atomic mass is 9.79. The zero-order valence-electron chi connectivity index (χ0n) is 25.9. The van der Waals surface area contributed by atoms with Gasteiger partial charge in [-0.1, -0.05) is 60.5 Å². The van der Waals surface area contributed by atoms with E-state index in [9.17, 15) is 9.90 Å². The molecule has 2 aromatic carbocycles. The van der Waals surface area contributed by atoms with Gasteiger partial charge in [0, 0.05) is 0 Å². The fraction of sp³-hybridized carbons (Fsp3) is 0.581. The van der Waals surface area contributed by atoms with E-state index in [1.807, 2.05) is 59.7 Å². The molecule has 0 radical (unpaired) electrons. The van der Waals surface area contributed by atoms with E-state index in [-0.39, 0.29) is 24.2 Å². The van der Waals surface area contributed by atoms with E-state index in [1.165, 1.54) is 12.8 Å². The highest BCUT2D eigenvalue weighted by molar-refractivity contribution is 6.62. The number of benzene rings is 2. The highest BCUT2D eigenvalue weighted by Gasteiger charge is 2.51. The average molecular weight is 544 g/mol. The quantitative estimate of drug-likeness (QED) is 0.328. The maximum atomic E-state index is 12.8. The minimum Gasteiger partial charge on any atom is -0.506 e. The fourth-order valence-electron chi connectivity index (χ4n) is 3.68. The van der Waals surface area contributed by atoms with Gasteiger partial charge in [0.2, 0.25) is 5.91 Å². The summed E-state index contributed by atoms with van der Waals surface area (Å²) in [4.78, 5) is 12.8. The van der Waals surface area contributed by atoms with E-state index in [1.54, 1.807) is 25.3 Å².